The van der Waals surface area contributed by atoms with E-state index in [-0.39, 0.29) is 11.7 Å². The van der Waals surface area contributed by atoms with Crippen molar-refractivity contribution in [1.82, 2.24) is 5.32 Å². The van der Waals surface area contributed by atoms with Gasteiger partial charge in [0, 0.05) is 5.56 Å². The fraction of sp³-hybridized carbons (Fsp3) is 0. The van der Waals surface area contributed by atoms with Gasteiger partial charge in [0.05, 0.1) is 5.56 Å². The molecule has 0 amide bonds. The smallest absolute Gasteiger partial charge is 0.139 e. The molecule has 1 aliphatic rings. The van der Waals surface area contributed by atoms with Crippen molar-refractivity contribution in [3.05, 3.63) is 59.7 Å². The van der Waals surface area contributed by atoms with Crippen molar-refractivity contribution in [3.8, 4) is 11.5 Å². The summed E-state index contributed by atoms with van der Waals surface area (Å²) >= 11 is 0. The molecule has 0 unspecified atom stereocenters. The quantitative estimate of drug-likeness (QED) is 0.751. The third kappa shape index (κ3) is 1.64. The molecule has 0 saturated carbocycles. The Labute approximate surface area is 104 Å². The number of fused-ring (bicyclic) bond motifs is 1. The van der Waals surface area contributed by atoms with Crippen LogP contribution < -0.4 is 10.1 Å². The summed E-state index contributed by atoms with van der Waals surface area (Å²) in [5.41, 5.74) is 1.35. The predicted octanol–water partition coefficient (Wildman–Crippen LogP) is 2.73. The number of hydrogen-bond acceptors (Lipinski definition) is 3. The van der Waals surface area contributed by atoms with Crippen LogP contribution in [0.25, 0.3) is 0 Å². The van der Waals surface area contributed by atoms with Crippen molar-refractivity contribution < 1.29 is 4.74 Å². The normalized spacial score (nSPS) is 13.1. The summed E-state index contributed by atoms with van der Waals surface area (Å²) in [6.07, 6.45) is 0. The summed E-state index contributed by atoms with van der Waals surface area (Å²) in [6.45, 7) is 0. The van der Waals surface area contributed by atoms with Gasteiger partial charge >= 0.3 is 0 Å². The van der Waals surface area contributed by atoms with E-state index in [2.05, 4.69) is 5.32 Å². The Bertz CT molecular complexity index is 635. The molecule has 2 aromatic carbocycles. The van der Waals surface area contributed by atoms with Crippen molar-refractivity contribution in [1.29, 1.82) is 10.8 Å². The second-order valence-electron chi connectivity index (χ2n) is 3.97. The monoisotopic (exact) mass is 237 g/mol. The van der Waals surface area contributed by atoms with Crippen LogP contribution in [0.4, 0.5) is 0 Å². The third-order valence-corrected chi connectivity index (χ3v) is 2.77. The van der Waals surface area contributed by atoms with Gasteiger partial charge in [-0.1, -0.05) is 30.3 Å². The molecule has 4 nitrogen and oxygen atoms in total. The number of benzene rings is 2. The molecule has 0 saturated heterocycles. The topological polar surface area (TPSA) is 69.0 Å². The molecule has 18 heavy (non-hydrogen) atoms. The first-order valence-electron chi connectivity index (χ1n) is 5.56. The Morgan fingerprint density at radius 2 is 1.61 bits per heavy atom. The highest BCUT2D eigenvalue weighted by Crippen LogP contribution is 2.30. The molecule has 2 aromatic rings. The Morgan fingerprint density at radius 1 is 0.833 bits per heavy atom. The van der Waals surface area contributed by atoms with Gasteiger partial charge in [-0.05, 0) is 18.2 Å². The SMILES string of the molecule is N=C1NC(=N)c2c(Oc3ccccc3)cccc21. The van der Waals surface area contributed by atoms with Crippen molar-refractivity contribution in [2.24, 2.45) is 0 Å². The van der Waals surface area contributed by atoms with Gasteiger partial charge in [-0.2, -0.15) is 0 Å². The second kappa shape index (κ2) is 4.00. The highest BCUT2D eigenvalue weighted by molar-refractivity contribution is 6.24. The molecule has 88 valence electrons. The fourth-order valence-electron chi connectivity index (χ4n) is 1.95. The van der Waals surface area contributed by atoms with E-state index in [1.54, 1.807) is 6.07 Å². The molecular weight excluding hydrogens is 226 g/mol. The van der Waals surface area contributed by atoms with Crippen LogP contribution in [0, 0.1) is 10.8 Å². The van der Waals surface area contributed by atoms with E-state index < -0.39 is 0 Å². The summed E-state index contributed by atoms with van der Waals surface area (Å²) in [4.78, 5) is 0. The number of rotatable bonds is 2. The largest absolute Gasteiger partial charge is 0.457 e. The van der Waals surface area contributed by atoms with Crippen LogP contribution in [0.5, 0.6) is 11.5 Å². The lowest BCUT2D eigenvalue weighted by molar-refractivity contribution is 0.481. The van der Waals surface area contributed by atoms with Crippen molar-refractivity contribution in [3.63, 3.8) is 0 Å². The maximum atomic E-state index is 7.84. The van der Waals surface area contributed by atoms with E-state index in [4.69, 9.17) is 15.6 Å². The molecule has 0 bridgehead atoms. The van der Waals surface area contributed by atoms with E-state index in [0.29, 0.717) is 16.9 Å². The lowest BCUT2D eigenvalue weighted by Crippen LogP contribution is -2.20. The first-order valence-corrected chi connectivity index (χ1v) is 5.56. The molecule has 0 aromatic heterocycles. The minimum atomic E-state index is 0.210. The standard InChI is InChI=1S/C14H11N3O/c15-13-10-7-4-8-11(12(10)14(16)17-13)18-9-5-2-1-3-6-9/h1-8H,(H3,15,16,17). The summed E-state index contributed by atoms with van der Waals surface area (Å²) in [7, 11) is 0. The lowest BCUT2D eigenvalue weighted by atomic mass is 10.1. The van der Waals surface area contributed by atoms with Crippen LogP contribution in [0.1, 0.15) is 11.1 Å². The van der Waals surface area contributed by atoms with E-state index in [0.717, 1.165) is 5.75 Å². The molecule has 0 atom stereocenters. The average molecular weight is 237 g/mol. The van der Waals surface area contributed by atoms with Crippen LogP contribution in [-0.4, -0.2) is 11.7 Å². The first-order chi connectivity index (χ1) is 8.75. The van der Waals surface area contributed by atoms with Crippen LogP contribution >= 0.6 is 0 Å². The number of nitrogens with one attached hydrogen (secondary N) is 3. The van der Waals surface area contributed by atoms with Gasteiger partial charge in [0.2, 0.25) is 0 Å². The molecule has 1 aliphatic heterocycles. The molecule has 0 spiro atoms. The molecule has 0 radical (unpaired) electrons. The Morgan fingerprint density at radius 3 is 2.39 bits per heavy atom. The summed E-state index contributed by atoms with van der Waals surface area (Å²) in [5, 5.41) is 18.3. The Kier molecular flexibility index (Phi) is 2.34. The van der Waals surface area contributed by atoms with E-state index in [9.17, 15) is 0 Å². The second-order valence-corrected chi connectivity index (χ2v) is 3.97. The minimum Gasteiger partial charge on any atom is -0.457 e. The van der Waals surface area contributed by atoms with Crippen molar-refractivity contribution >= 4 is 11.7 Å². The van der Waals surface area contributed by atoms with Gasteiger partial charge < -0.3 is 10.1 Å². The number of amidine groups is 2. The van der Waals surface area contributed by atoms with Gasteiger partial charge in [-0.3, -0.25) is 10.8 Å². The minimum absolute atomic E-state index is 0.210. The number of para-hydroxylation sites is 1. The summed E-state index contributed by atoms with van der Waals surface area (Å²) < 4.78 is 5.76. The van der Waals surface area contributed by atoms with Crippen molar-refractivity contribution in [2.75, 3.05) is 0 Å². The third-order valence-electron chi connectivity index (χ3n) is 2.77. The Balaban J connectivity index is 2.05. The lowest BCUT2D eigenvalue weighted by Gasteiger charge is -2.09. The van der Waals surface area contributed by atoms with Gasteiger partial charge in [0.1, 0.15) is 23.2 Å². The molecule has 1 heterocycles. The fourth-order valence-corrected chi connectivity index (χ4v) is 1.95. The Hall–Kier alpha value is -2.62. The predicted molar refractivity (Wildman–Crippen MR) is 69.8 cm³/mol. The maximum absolute atomic E-state index is 7.84. The summed E-state index contributed by atoms with van der Waals surface area (Å²) in [5.74, 6) is 1.77. The molecule has 0 aliphatic carbocycles. The summed E-state index contributed by atoms with van der Waals surface area (Å²) in [6, 6.07) is 14.9. The number of hydrogen-bond donors (Lipinski definition) is 3. The zero-order valence-electron chi connectivity index (χ0n) is 9.53. The zero-order valence-corrected chi connectivity index (χ0v) is 9.53. The maximum Gasteiger partial charge on any atom is 0.139 e. The average Bonchev–Trinajstić information content (AvgIpc) is 2.67. The van der Waals surface area contributed by atoms with E-state index >= 15 is 0 Å². The van der Waals surface area contributed by atoms with E-state index in [1.807, 2.05) is 42.5 Å². The van der Waals surface area contributed by atoms with Crippen LogP contribution in [0.3, 0.4) is 0 Å². The molecular formula is C14H11N3O. The highest BCUT2D eigenvalue weighted by Gasteiger charge is 2.24. The van der Waals surface area contributed by atoms with Gasteiger partial charge in [-0.25, -0.2) is 0 Å². The van der Waals surface area contributed by atoms with Crippen molar-refractivity contribution in [2.45, 2.75) is 0 Å². The van der Waals surface area contributed by atoms with Gasteiger partial charge in [0.25, 0.3) is 0 Å². The van der Waals surface area contributed by atoms with Gasteiger partial charge in [0.15, 0.2) is 0 Å². The van der Waals surface area contributed by atoms with Crippen LogP contribution in [0.15, 0.2) is 48.5 Å². The highest BCUT2D eigenvalue weighted by atomic mass is 16.5. The molecule has 4 heteroatoms. The van der Waals surface area contributed by atoms with Gasteiger partial charge in [-0.15, -0.1) is 0 Å². The van der Waals surface area contributed by atoms with Crippen LogP contribution in [-0.2, 0) is 0 Å². The number of ether oxygens (including phenoxy) is 1. The zero-order chi connectivity index (χ0) is 12.5. The first kappa shape index (κ1) is 10.5. The van der Waals surface area contributed by atoms with Crippen LogP contribution in [0.2, 0.25) is 0 Å². The molecule has 3 rings (SSSR count). The van der Waals surface area contributed by atoms with E-state index in [1.165, 1.54) is 0 Å². The molecule has 0 fully saturated rings. The molecule has 3 N–H and O–H groups in total.